The summed E-state index contributed by atoms with van der Waals surface area (Å²) in [6.07, 6.45) is 0. The second-order valence-electron chi connectivity index (χ2n) is 2.06. The van der Waals surface area contributed by atoms with Crippen LogP contribution < -0.4 is 5.30 Å². The summed E-state index contributed by atoms with van der Waals surface area (Å²) >= 11 is 0. The Balaban J connectivity index is 0.000000310. The lowest BCUT2D eigenvalue weighted by Crippen LogP contribution is -1.91. The molecule has 1 atom stereocenters. The van der Waals surface area contributed by atoms with E-state index >= 15 is 0 Å². The van der Waals surface area contributed by atoms with Crippen LogP contribution in [0.4, 0.5) is 0 Å². The van der Waals surface area contributed by atoms with Crippen molar-refractivity contribution in [1.29, 1.82) is 0 Å². The van der Waals surface area contributed by atoms with E-state index in [-0.39, 0.29) is 13.2 Å². The van der Waals surface area contributed by atoms with Crippen LogP contribution in [0.25, 0.3) is 0 Å². The van der Waals surface area contributed by atoms with Crippen molar-refractivity contribution in [2.75, 3.05) is 13.2 Å². The van der Waals surface area contributed by atoms with E-state index in [2.05, 4.69) is 0 Å². The molecule has 0 heterocycles. The van der Waals surface area contributed by atoms with Crippen molar-refractivity contribution in [3.05, 3.63) is 30.3 Å². The van der Waals surface area contributed by atoms with E-state index in [1.54, 1.807) is 24.3 Å². The van der Waals surface area contributed by atoms with Crippen molar-refractivity contribution in [3.63, 3.8) is 0 Å². The maximum absolute atomic E-state index is 10.3. The van der Waals surface area contributed by atoms with Crippen molar-refractivity contribution >= 4 is 13.3 Å². The zero-order valence-corrected chi connectivity index (χ0v) is 7.89. The first-order valence-electron chi connectivity index (χ1n) is 3.65. The summed E-state index contributed by atoms with van der Waals surface area (Å²) in [4.78, 5) is 8.53. The highest BCUT2D eigenvalue weighted by atomic mass is 31.1. The van der Waals surface area contributed by atoms with Crippen molar-refractivity contribution < 1.29 is 19.7 Å². The topological polar surface area (TPSA) is 77.8 Å². The molecule has 13 heavy (non-hydrogen) atoms. The molecule has 0 spiro atoms. The lowest BCUT2D eigenvalue weighted by molar-refractivity contribution is 0.186. The Kier molecular flexibility index (Phi) is 7.35. The molecule has 0 aliphatic carbocycles. The fraction of sp³-hybridized carbons (Fsp3) is 0.250. The molecule has 1 unspecified atom stereocenters. The van der Waals surface area contributed by atoms with Gasteiger partial charge in [-0.25, -0.2) is 0 Å². The summed E-state index contributed by atoms with van der Waals surface area (Å²) in [5.41, 5.74) is 0. The molecule has 0 amide bonds. The average molecular weight is 203 g/mol. The molecule has 0 bridgehead atoms. The monoisotopic (exact) mass is 203 g/mol. The van der Waals surface area contributed by atoms with Crippen molar-refractivity contribution in [1.82, 2.24) is 0 Å². The predicted molar refractivity (Wildman–Crippen MR) is 50.1 cm³/mol. The summed E-state index contributed by atoms with van der Waals surface area (Å²) in [7, 11) is -2.15. The van der Waals surface area contributed by atoms with Crippen LogP contribution in [-0.2, 0) is 4.57 Å². The van der Waals surface area contributed by atoms with Gasteiger partial charge < -0.3 is 10.2 Å². The molecule has 0 saturated carbocycles. The average Bonchev–Trinajstić information content (AvgIpc) is 2.19. The van der Waals surface area contributed by atoms with Gasteiger partial charge in [0.2, 0.25) is 5.30 Å². The molecule has 1 aromatic rings. The first-order chi connectivity index (χ1) is 6.22. The predicted octanol–water partition coefficient (Wildman–Crippen LogP) is 0.0176. The number of hydrogen-bond acceptors (Lipinski definition) is 3. The van der Waals surface area contributed by atoms with Crippen molar-refractivity contribution in [3.8, 4) is 0 Å². The summed E-state index contributed by atoms with van der Waals surface area (Å²) in [6.45, 7) is -0.250. The number of benzene rings is 1. The van der Waals surface area contributed by atoms with E-state index in [1.807, 2.05) is 6.07 Å². The smallest absolute Gasteiger partial charge is 0.394 e. The molecule has 0 aromatic heterocycles. The standard InChI is InChI=1S/C6H5O2P.C2H6O2/c7-9(8)6-4-2-1-3-5-6;3-1-2-4/h1-5H;3-4H,1-2H2/p+1. The third-order valence-electron chi connectivity index (χ3n) is 1.08. The highest BCUT2D eigenvalue weighted by molar-refractivity contribution is 7.47. The number of aliphatic hydroxyl groups excluding tert-OH is 2. The fourth-order valence-electron chi connectivity index (χ4n) is 0.556. The minimum atomic E-state index is -2.15. The summed E-state index contributed by atoms with van der Waals surface area (Å²) in [6, 6.07) is 8.53. The van der Waals surface area contributed by atoms with Crippen LogP contribution in [0.1, 0.15) is 0 Å². The second kappa shape index (κ2) is 7.83. The summed E-state index contributed by atoms with van der Waals surface area (Å²) in [5, 5.41) is 15.7. The van der Waals surface area contributed by atoms with Gasteiger partial charge in [-0.3, -0.25) is 0 Å². The first-order valence-corrected chi connectivity index (χ1v) is 4.86. The molecular formula is C8H12O4P+. The van der Waals surface area contributed by atoms with E-state index in [9.17, 15) is 4.57 Å². The molecule has 0 aliphatic heterocycles. The van der Waals surface area contributed by atoms with Crippen LogP contribution in [0.2, 0.25) is 0 Å². The minimum Gasteiger partial charge on any atom is -0.394 e. The minimum absolute atomic E-state index is 0.125. The van der Waals surface area contributed by atoms with Crippen molar-refractivity contribution in [2.24, 2.45) is 0 Å². The van der Waals surface area contributed by atoms with Crippen molar-refractivity contribution in [2.45, 2.75) is 0 Å². The largest absolute Gasteiger partial charge is 0.546 e. The molecule has 72 valence electrons. The molecule has 0 saturated heterocycles. The highest BCUT2D eigenvalue weighted by Gasteiger charge is 2.12. The molecule has 4 nitrogen and oxygen atoms in total. The van der Waals surface area contributed by atoms with Crippen LogP contribution in [-0.4, -0.2) is 28.3 Å². The molecule has 5 heteroatoms. The third-order valence-corrected chi connectivity index (χ3v) is 1.82. The Bertz CT molecular complexity index is 235. The lowest BCUT2D eigenvalue weighted by atomic mass is 10.4. The van der Waals surface area contributed by atoms with Crippen LogP contribution >= 0.6 is 8.03 Å². The van der Waals surface area contributed by atoms with Gasteiger partial charge in [-0.15, -0.1) is 0 Å². The van der Waals surface area contributed by atoms with Gasteiger partial charge in [0, 0.05) is 0 Å². The van der Waals surface area contributed by atoms with Crippen LogP contribution in [0.15, 0.2) is 30.3 Å². The fourth-order valence-corrected chi connectivity index (χ4v) is 0.983. The van der Waals surface area contributed by atoms with Crippen LogP contribution in [0.5, 0.6) is 0 Å². The lowest BCUT2D eigenvalue weighted by Gasteiger charge is -1.77. The third kappa shape index (κ3) is 6.37. The summed E-state index contributed by atoms with van der Waals surface area (Å²) in [5.74, 6) is 0. The summed E-state index contributed by atoms with van der Waals surface area (Å²) < 4.78 is 10.3. The van der Waals surface area contributed by atoms with Gasteiger partial charge in [0.05, 0.1) is 13.2 Å². The van der Waals surface area contributed by atoms with Gasteiger partial charge in [-0.1, -0.05) is 18.2 Å². The zero-order valence-electron chi connectivity index (χ0n) is 7.00. The molecule has 3 N–H and O–H groups in total. The van der Waals surface area contributed by atoms with E-state index in [0.29, 0.717) is 5.30 Å². The van der Waals surface area contributed by atoms with Gasteiger partial charge in [-0.05, 0) is 16.7 Å². The highest BCUT2D eigenvalue weighted by Crippen LogP contribution is 2.10. The molecule has 1 aromatic carbocycles. The quantitative estimate of drug-likeness (QED) is 0.592. The van der Waals surface area contributed by atoms with E-state index in [1.165, 1.54) is 0 Å². The van der Waals surface area contributed by atoms with Crippen LogP contribution in [0.3, 0.4) is 0 Å². The number of hydrogen-bond donors (Lipinski definition) is 3. The molecular weight excluding hydrogens is 191 g/mol. The van der Waals surface area contributed by atoms with Gasteiger partial charge >= 0.3 is 8.03 Å². The maximum atomic E-state index is 10.3. The molecule has 0 aliphatic rings. The SMILES string of the molecule is O=[P+](O)c1ccccc1.OCCO. The molecule has 0 fully saturated rings. The van der Waals surface area contributed by atoms with Gasteiger partial charge in [0.25, 0.3) is 0 Å². The molecule has 0 radical (unpaired) electrons. The van der Waals surface area contributed by atoms with Crippen LogP contribution in [0, 0.1) is 0 Å². The van der Waals surface area contributed by atoms with Gasteiger partial charge in [0.1, 0.15) is 0 Å². The Morgan fingerprint density at radius 1 is 1.08 bits per heavy atom. The normalized spacial score (nSPS) is 9.92. The Morgan fingerprint density at radius 3 is 1.77 bits per heavy atom. The van der Waals surface area contributed by atoms with E-state index in [4.69, 9.17) is 15.1 Å². The zero-order chi connectivity index (χ0) is 10.1. The Morgan fingerprint density at radius 2 is 1.54 bits per heavy atom. The first kappa shape index (κ1) is 12.2. The number of rotatable bonds is 2. The van der Waals surface area contributed by atoms with E-state index < -0.39 is 8.03 Å². The van der Waals surface area contributed by atoms with E-state index in [0.717, 1.165) is 0 Å². The Labute approximate surface area is 77.3 Å². The van der Waals surface area contributed by atoms with Gasteiger partial charge in [-0.2, -0.15) is 4.89 Å². The second-order valence-corrected chi connectivity index (χ2v) is 3.12. The molecule has 1 rings (SSSR count). The number of aliphatic hydroxyl groups is 2. The Hall–Kier alpha value is -0.800. The van der Waals surface area contributed by atoms with Gasteiger partial charge in [0.15, 0.2) is 0 Å². The maximum Gasteiger partial charge on any atom is 0.546 e.